The van der Waals surface area contributed by atoms with E-state index in [-0.39, 0.29) is 35.7 Å². The van der Waals surface area contributed by atoms with Crippen molar-refractivity contribution in [3.8, 4) is 5.75 Å². The minimum atomic E-state index is -4.46. The molecule has 0 N–H and O–H groups in total. The number of nitro groups is 1. The summed E-state index contributed by atoms with van der Waals surface area (Å²) in [6.07, 6.45) is -3.14. The first-order valence-electron chi connectivity index (χ1n) is 10.0. The van der Waals surface area contributed by atoms with E-state index in [1.165, 1.54) is 30.6 Å². The minimum Gasteiger partial charge on any atom is -0.431 e. The monoisotopic (exact) mass is 468 g/mol. The van der Waals surface area contributed by atoms with Crippen LogP contribution in [0.3, 0.4) is 0 Å². The van der Waals surface area contributed by atoms with Crippen LogP contribution < -0.4 is 9.64 Å². The number of rotatable bonds is 7. The first-order valence-corrected chi connectivity index (χ1v) is 10.0. The fourth-order valence-corrected chi connectivity index (χ4v) is 3.13. The van der Waals surface area contributed by atoms with Gasteiger partial charge in [-0.05, 0) is 24.9 Å². The molecule has 1 saturated carbocycles. The van der Waals surface area contributed by atoms with E-state index in [1.807, 2.05) is 13.8 Å². The molecule has 1 aliphatic rings. The molecule has 12 heteroatoms. The predicted octanol–water partition coefficient (Wildman–Crippen LogP) is 5.46. The number of non-ortho nitro benzene ring substituents is 1. The summed E-state index contributed by atoms with van der Waals surface area (Å²) in [6.45, 7) is 6.16. The summed E-state index contributed by atoms with van der Waals surface area (Å²) in [5.74, 6) is 0.0451. The largest absolute Gasteiger partial charge is 0.514 e. The lowest BCUT2D eigenvalue weighted by molar-refractivity contribution is -0.384. The molecule has 0 radical (unpaired) electrons. The van der Waals surface area contributed by atoms with Gasteiger partial charge in [-0.2, -0.15) is 13.2 Å². The summed E-state index contributed by atoms with van der Waals surface area (Å²) < 4.78 is 49.4. The number of carbonyl (C=O) groups excluding carboxylic acids is 1. The summed E-state index contributed by atoms with van der Waals surface area (Å²) >= 11 is 0. The summed E-state index contributed by atoms with van der Waals surface area (Å²) in [5, 5.41) is 10.6. The Morgan fingerprint density at radius 1 is 1.27 bits per heavy atom. The van der Waals surface area contributed by atoms with Gasteiger partial charge in [0.15, 0.2) is 0 Å². The molecule has 0 spiro atoms. The van der Waals surface area contributed by atoms with E-state index in [9.17, 15) is 28.1 Å². The molecule has 0 aliphatic heterocycles. The second-order valence-corrected chi connectivity index (χ2v) is 6.73. The molecule has 1 fully saturated rings. The van der Waals surface area contributed by atoms with E-state index in [2.05, 4.69) is 16.7 Å². The average Bonchev–Trinajstić information content (AvgIpc) is 2.75. The molecule has 0 saturated heterocycles. The standard InChI is InChI=1S/C19H17F3N4O5.C2H6/c1-23-16-10-24-7-6-17(16)25(11-19(20,21)22)13-8-15(9-13)31-18(27)30-14-4-2-12(3-5-14)26(28)29;1-2/h2-7,10,13,15H,1,8-9,11H2;1-2H3. The highest BCUT2D eigenvalue weighted by molar-refractivity contribution is 5.68. The van der Waals surface area contributed by atoms with Gasteiger partial charge in [0.05, 0.1) is 16.8 Å². The second kappa shape index (κ2) is 11.2. The molecular formula is C21H23F3N4O5. The Morgan fingerprint density at radius 2 is 1.91 bits per heavy atom. The predicted molar refractivity (Wildman–Crippen MR) is 115 cm³/mol. The summed E-state index contributed by atoms with van der Waals surface area (Å²) in [7, 11) is 0. The molecule has 0 unspecified atom stereocenters. The highest BCUT2D eigenvalue weighted by Gasteiger charge is 2.42. The van der Waals surface area contributed by atoms with Crippen molar-refractivity contribution in [1.29, 1.82) is 0 Å². The lowest BCUT2D eigenvalue weighted by atomic mass is 9.87. The number of aromatic nitrogens is 1. The molecular weight excluding hydrogens is 445 g/mol. The lowest BCUT2D eigenvalue weighted by Gasteiger charge is -2.43. The van der Waals surface area contributed by atoms with Crippen molar-refractivity contribution in [3.63, 3.8) is 0 Å². The molecule has 0 bridgehead atoms. The van der Waals surface area contributed by atoms with Crippen LogP contribution in [0.25, 0.3) is 0 Å². The number of anilines is 1. The van der Waals surface area contributed by atoms with Gasteiger partial charge in [0.25, 0.3) is 5.69 Å². The Hall–Kier alpha value is -3.70. The van der Waals surface area contributed by atoms with Crippen molar-refractivity contribution in [1.82, 2.24) is 4.98 Å². The number of nitro benzene ring substituents is 1. The molecule has 9 nitrogen and oxygen atoms in total. The molecule has 33 heavy (non-hydrogen) atoms. The number of nitrogens with zero attached hydrogens (tertiary/aromatic N) is 4. The van der Waals surface area contributed by atoms with Crippen LogP contribution in [0, 0.1) is 10.1 Å². The molecule has 3 rings (SSSR count). The van der Waals surface area contributed by atoms with Gasteiger partial charge in [0, 0.05) is 37.2 Å². The number of aliphatic imine (C=N–C) groups is 1. The van der Waals surface area contributed by atoms with Crippen molar-refractivity contribution in [3.05, 3.63) is 52.8 Å². The smallest absolute Gasteiger partial charge is 0.431 e. The number of pyridine rings is 1. The maximum atomic E-state index is 13.1. The van der Waals surface area contributed by atoms with Crippen molar-refractivity contribution < 1.29 is 32.4 Å². The van der Waals surface area contributed by atoms with E-state index in [1.54, 1.807) is 0 Å². The second-order valence-electron chi connectivity index (χ2n) is 6.73. The van der Waals surface area contributed by atoms with Crippen LogP contribution in [-0.4, -0.2) is 47.6 Å². The van der Waals surface area contributed by atoms with Crippen molar-refractivity contribution in [2.24, 2.45) is 4.99 Å². The van der Waals surface area contributed by atoms with Crippen molar-refractivity contribution in [2.75, 3.05) is 11.4 Å². The minimum absolute atomic E-state index is 0.0451. The fraction of sp³-hybridized carbons (Fsp3) is 0.381. The van der Waals surface area contributed by atoms with Crippen LogP contribution in [-0.2, 0) is 4.74 Å². The summed E-state index contributed by atoms with van der Waals surface area (Å²) in [4.78, 5) is 30.6. The topological polar surface area (TPSA) is 107 Å². The Kier molecular flexibility index (Phi) is 8.71. The molecule has 2 aromatic rings. The SMILES string of the molecule is C=Nc1cnccc1N(CC(F)(F)F)C1CC(OC(=O)Oc2ccc([N+](=O)[O-])cc2)C1.CC. The molecule has 1 aliphatic carbocycles. The number of hydrogen-bond donors (Lipinski definition) is 0. The van der Waals surface area contributed by atoms with E-state index in [0.717, 1.165) is 17.0 Å². The van der Waals surface area contributed by atoms with Crippen molar-refractivity contribution in [2.45, 2.75) is 45.0 Å². The molecule has 1 heterocycles. The Morgan fingerprint density at radius 3 is 2.45 bits per heavy atom. The van der Waals surface area contributed by atoms with Crippen LogP contribution in [0.5, 0.6) is 5.75 Å². The maximum absolute atomic E-state index is 13.1. The van der Waals surface area contributed by atoms with Gasteiger partial charge in [-0.15, -0.1) is 0 Å². The highest BCUT2D eigenvalue weighted by Crippen LogP contribution is 2.38. The number of halogens is 3. The lowest BCUT2D eigenvalue weighted by Crippen LogP contribution is -2.52. The van der Waals surface area contributed by atoms with Crippen LogP contribution in [0.2, 0.25) is 0 Å². The van der Waals surface area contributed by atoms with Crippen LogP contribution in [0.1, 0.15) is 26.7 Å². The zero-order chi connectivity index (χ0) is 24.6. The number of hydrogen-bond acceptors (Lipinski definition) is 8. The third-order valence-electron chi connectivity index (χ3n) is 4.63. The third kappa shape index (κ3) is 7.16. The third-order valence-corrected chi connectivity index (χ3v) is 4.63. The van der Waals surface area contributed by atoms with Gasteiger partial charge in [-0.25, -0.2) is 4.79 Å². The Balaban J connectivity index is 0.00000187. The van der Waals surface area contributed by atoms with Crippen LogP contribution in [0.15, 0.2) is 47.7 Å². The molecule has 1 aromatic carbocycles. The Labute approximate surface area is 188 Å². The van der Waals surface area contributed by atoms with Gasteiger partial charge < -0.3 is 14.4 Å². The normalized spacial score (nSPS) is 17.0. The first-order chi connectivity index (χ1) is 15.7. The molecule has 0 atom stereocenters. The fourth-order valence-electron chi connectivity index (χ4n) is 3.13. The highest BCUT2D eigenvalue weighted by atomic mass is 19.4. The maximum Gasteiger partial charge on any atom is 0.514 e. The number of benzene rings is 1. The van der Waals surface area contributed by atoms with Gasteiger partial charge in [-0.3, -0.25) is 20.1 Å². The number of carbonyl (C=O) groups is 1. The van der Waals surface area contributed by atoms with E-state index < -0.39 is 35.9 Å². The molecule has 0 amide bonds. The summed E-state index contributed by atoms with van der Waals surface area (Å²) in [6, 6.07) is 5.69. The van der Waals surface area contributed by atoms with Crippen LogP contribution in [0.4, 0.5) is 35.0 Å². The van der Waals surface area contributed by atoms with Gasteiger partial charge in [0.1, 0.15) is 24.1 Å². The number of ether oxygens (including phenoxy) is 2. The van der Waals surface area contributed by atoms with Gasteiger partial charge in [-0.1, -0.05) is 13.8 Å². The molecule has 178 valence electrons. The van der Waals surface area contributed by atoms with Crippen molar-refractivity contribution >= 4 is 29.9 Å². The van der Waals surface area contributed by atoms with Crippen LogP contribution >= 0.6 is 0 Å². The quantitative estimate of drug-likeness (QED) is 0.174. The van der Waals surface area contributed by atoms with E-state index in [4.69, 9.17) is 9.47 Å². The first kappa shape index (κ1) is 25.6. The van der Waals surface area contributed by atoms with Gasteiger partial charge >= 0.3 is 12.3 Å². The zero-order valence-electron chi connectivity index (χ0n) is 18.0. The molecule has 1 aromatic heterocycles. The average molecular weight is 468 g/mol. The summed E-state index contributed by atoms with van der Waals surface area (Å²) in [5.41, 5.74) is 0.282. The van der Waals surface area contributed by atoms with Gasteiger partial charge in [0.2, 0.25) is 0 Å². The van der Waals surface area contributed by atoms with E-state index in [0.29, 0.717) is 0 Å². The number of alkyl halides is 3. The Bertz CT molecular complexity index is 963. The zero-order valence-corrected chi connectivity index (χ0v) is 18.0. The van der Waals surface area contributed by atoms with E-state index >= 15 is 0 Å².